The van der Waals surface area contributed by atoms with Gasteiger partial charge in [-0.15, -0.1) is 11.3 Å². The van der Waals surface area contributed by atoms with Crippen LogP contribution in [0.4, 0.5) is 0 Å². The minimum absolute atomic E-state index is 0.145. The van der Waals surface area contributed by atoms with Crippen molar-refractivity contribution in [3.63, 3.8) is 0 Å². The lowest BCUT2D eigenvalue weighted by Gasteiger charge is -1.93. The summed E-state index contributed by atoms with van der Waals surface area (Å²) in [7, 11) is 0. The highest BCUT2D eigenvalue weighted by Gasteiger charge is 2.00. The van der Waals surface area contributed by atoms with Crippen LogP contribution in [0.1, 0.15) is 10.5 Å². The molecule has 3 nitrogen and oxygen atoms in total. The summed E-state index contributed by atoms with van der Waals surface area (Å²) in [4.78, 5) is 13.1. The Bertz CT molecular complexity index is 373. The molecule has 2 rings (SSSR count). The van der Waals surface area contributed by atoms with Crippen molar-refractivity contribution in [2.45, 2.75) is 0 Å². The summed E-state index contributed by atoms with van der Waals surface area (Å²) in [5, 5.41) is 12.2. The zero-order valence-electron chi connectivity index (χ0n) is 5.46. The van der Waals surface area contributed by atoms with Crippen LogP contribution in [0, 0.1) is 0 Å². The van der Waals surface area contributed by atoms with Gasteiger partial charge in [-0.05, 0) is 17.5 Å². The van der Waals surface area contributed by atoms with E-state index in [0.29, 0.717) is 0 Å². The number of aromatic amines is 1. The summed E-state index contributed by atoms with van der Waals surface area (Å²) in [6, 6.07) is 3.42. The number of carbonyl (C=O) groups excluding carboxylic acids is 1. The van der Waals surface area contributed by atoms with Gasteiger partial charge < -0.3 is 14.9 Å². The topological polar surface area (TPSA) is 55.9 Å². The van der Waals surface area contributed by atoms with E-state index in [0.717, 1.165) is 10.2 Å². The van der Waals surface area contributed by atoms with Crippen LogP contribution in [0.25, 0.3) is 10.2 Å². The maximum absolute atomic E-state index is 10.3. The quantitative estimate of drug-likeness (QED) is 0.674. The molecule has 0 aliphatic heterocycles. The first-order chi connectivity index (χ1) is 5.27. The third-order valence-electron chi connectivity index (χ3n) is 1.46. The maximum Gasteiger partial charge on any atom is 0.0878 e. The Morgan fingerprint density at radius 3 is 3.09 bits per heavy atom. The molecule has 1 N–H and O–H groups in total. The van der Waals surface area contributed by atoms with E-state index in [4.69, 9.17) is 0 Å². The van der Waals surface area contributed by atoms with Gasteiger partial charge in [0.15, 0.2) is 0 Å². The van der Waals surface area contributed by atoms with Gasteiger partial charge in [-0.2, -0.15) is 0 Å². The van der Waals surface area contributed by atoms with Crippen molar-refractivity contribution in [1.29, 1.82) is 0 Å². The number of aromatic nitrogens is 1. The van der Waals surface area contributed by atoms with Gasteiger partial charge in [0.05, 0.1) is 21.9 Å². The average molecular weight is 166 g/mol. The van der Waals surface area contributed by atoms with Gasteiger partial charge in [-0.25, -0.2) is 0 Å². The monoisotopic (exact) mass is 166 g/mol. The molecule has 0 aliphatic rings. The first-order valence-corrected chi connectivity index (χ1v) is 3.93. The molecule has 0 unspecified atom stereocenters. The lowest BCUT2D eigenvalue weighted by atomic mass is 10.4. The molecule has 2 heterocycles. The summed E-state index contributed by atoms with van der Waals surface area (Å²) in [6.07, 6.45) is 0. The lowest BCUT2D eigenvalue weighted by Crippen LogP contribution is -2.22. The minimum atomic E-state index is -1.16. The predicted molar refractivity (Wildman–Crippen MR) is 40.5 cm³/mol. The third kappa shape index (κ3) is 0.914. The normalized spacial score (nSPS) is 10.5. The van der Waals surface area contributed by atoms with Gasteiger partial charge in [0.2, 0.25) is 0 Å². The van der Waals surface area contributed by atoms with Gasteiger partial charge in [-0.1, -0.05) is 0 Å². The van der Waals surface area contributed by atoms with E-state index in [2.05, 4.69) is 4.98 Å². The molecule has 0 atom stereocenters. The zero-order chi connectivity index (χ0) is 7.84. The molecular weight excluding hydrogens is 162 g/mol. The van der Waals surface area contributed by atoms with Crippen LogP contribution < -0.4 is 5.11 Å². The second-order valence-electron chi connectivity index (χ2n) is 2.17. The van der Waals surface area contributed by atoms with Crippen LogP contribution in [-0.4, -0.2) is 11.0 Å². The lowest BCUT2D eigenvalue weighted by molar-refractivity contribution is -0.255. The van der Waals surface area contributed by atoms with Crippen molar-refractivity contribution in [1.82, 2.24) is 4.98 Å². The largest absolute Gasteiger partial charge is 0.543 e. The molecule has 0 radical (unpaired) electrons. The van der Waals surface area contributed by atoms with Crippen molar-refractivity contribution in [3.8, 4) is 0 Å². The van der Waals surface area contributed by atoms with Crippen molar-refractivity contribution < 1.29 is 9.90 Å². The van der Waals surface area contributed by atoms with Crippen molar-refractivity contribution in [3.05, 3.63) is 23.2 Å². The van der Waals surface area contributed by atoms with Crippen LogP contribution in [0.3, 0.4) is 0 Å². The first-order valence-electron chi connectivity index (χ1n) is 3.05. The van der Waals surface area contributed by atoms with Gasteiger partial charge in [0.1, 0.15) is 0 Å². The number of carbonyl (C=O) groups is 1. The van der Waals surface area contributed by atoms with E-state index in [-0.39, 0.29) is 5.69 Å². The van der Waals surface area contributed by atoms with E-state index in [1.54, 1.807) is 6.07 Å². The number of aromatic carboxylic acids is 1. The Balaban J connectivity index is 2.67. The van der Waals surface area contributed by atoms with Crippen LogP contribution >= 0.6 is 11.3 Å². The summed E-state index contributed by atoms with van der Waals surface area (Å²) < 4.78 is 0.948. The molecule has 2 aromatic rings. The number of carboxylic acids is 1. The molecule has 11 heavy (non-hydrogen) atoms. The van der Waals surface area contributed by atoms with Crippen LogP contribution in [-0.2, 0) is 0 Å². The Hall–Kier alpha value is -1.29. The molecule has 0 aromatic carbocycles. The fourth-order valence-electron chi connectivity index (χ4n) is 0.958. The van der Waals surface area contributed by atoms with Gasteiger partial charge in [0, 0.05) is 0 Å². The van der Waals surface area contributed by atoms with Crippen molar-refractivity contribution in [2.75, 3.05) is 0 Å². The molecule has 4 heteroatoms. The number of fused-ring (bicyclic) bond motifs is 1. The van der Waals surface area contributed by atoms with Gasteiger partial charge >= 0.3 is 0 Å². The van der Waals surface area contributed by atoms with E-state index < -0.39 is 5.97 Å². The second-order valence-corrected chi connectivity index (χ2v) is 3.12. The molecule has 0 saturated carbocycles. The number of nitrogens with one attached hydrogen (secondary N) is 1. The molecule has 0 spiro atoms. The molecule has 0 bridgehead atoms. The van der Waals surface area contributed by atoms with E-state index in [1.807, 2.05) is 11.4 Å². The zero-order valence-corrected chi connectivity index (χ0v) is 6.27. The highest BCUT2D eigenvalue weighted by Crippen LogP contribution is 2.20. The minimum Gasteiger partial charge on any atom is -0.543 e. The number of H-pyrrole nitrogens is 1. The predicted octanol–water partition coefficient (Wildman–Crippen LogP) is 0.593. The van der Waals surface area contributed by atoms with E-state index >= 15 is 0 Å². The van der Waals surface area contributed by atoms with Crippen molar-refractivity contribution >= 4 is 27.5 Å². The fraction of sp³-hybridized carbons (Fsp3) is 0. The van der Waals surface area contributed by atoms with Crippen LogP contribution in [0.5, 0.6) is 0 Å². The molecule has 0 fully saturated rings. The first kappa shape index (κ1) is 6.42. The molecule has 0 amide bonds. The smallest absolute Gasteiger partial charge is 0.0878 e. The SMILES string of the molecule is O=C([O-])c1cc2sccc2[nH]1. The van der Waals surface area contributed by atoms with Gasteiger partial charge in [-0.3, -0.25) is 0 Å². The molecule has 0 saturated heterocycles. The van der Waals surface area contributed by atoms with E-state index in [1.165, 1.54) is 11.3 Å². The van der Waals surface area contributed by atoms with Crippen LogP contribution in [0.2, 0.25) is 0 Å². The van der Waals surface area contributed by atoms with Crippen LogP contribution in [0.15, 0.2) is 17.5 Å². The third-order valence-corrected chi connectivity index (χ3v) is 2.32. The summed E-state index contributed by atoms with van der Waals surface area (Å²) in [6.45, 7) is 0. The molecular formula is C7H4NO2S-. The average Bonchev–Trinajstić information content (AvgIpc) is 2.40. The number of hydrogen-bond acceptors (Lipinski definition) is 3. The molecule has 0 aliphatic carbocycles. The Kier molecular flexibility index (Phi) is 1.22. The van der Waals surface area contributed by atoms with Gasteiger partial charge in [0.25, 0.3) is 0 Å². The Morgan fingerprint density at radius 2 is 2.45 bits per heavy atom. The van der Waals surface area contributed by atoms with E-state index in [9.17, 15) is 9.90 Å². The number of carboxylic acid groups (broad SMARTS) is 1. The van der Waals surface area contributed by atoms with Crippen molar-refractivity contribution in [2.24, 2.45) is 0 Å². The highest BCUT2D eigenvalue weighted by atomic mass is 32.1. The standard InChI is InChI=1S/C7H5NO2S/c9-7(10)5-3-6-4(8-5)1-2-11-6/h1-3,8H,(H,9,10)/p-1. The summed E-state index contributed by atoms with van der Waals surface area (Å²) in [5.74, 6) is -1.16. The molecule has 2 aromatic heterocycles. The summed E-state index contributed by atoms with van der Waals surface area (Å²) >= 11 is 1.50. The summed E-state index contributed by atoms with van der Waals surface area (Å²) in [5.41, 5.74) is 1.00. The number of rotatable bonds is 1. The Labute approximate surface area is 66.3 Å². The molecule has 56 valence electrons. The number of thiophene rings is 1. The fourth-order valence-corrected chi connectivity index (χ4v) is 1.74. The highest BCUT2D eigenvalue weighted by molar-refractivity contribution is 7.17. The Morgan fingerprint density at radius 1 is 1.64 bits per heavy atom. The second kappa shape index (κ2) is 2.10. The number of hydrogen-bond donors (Lipinski definition) is 1. The maximum atomic E-state index is 10.3.